The second kappa shape index (κ2) is 6.81. The molecule has 3 heteroatoms. The van der Waals surface area contributed by atoms with E-state index < -0.39 is 0 Å². The Morgan fingerprint density at radius 3 is 2.80 bits per heavy atom. The molecular formula is C12H22N2O. The number of hydrogen-bond donors (Lipinski definition) is 1. The van der Waals surface area contributed by atoms with Crippen molar-refractivity contribution in [1.82, 2.24) is 5.32 Å². The molecule has 0 amide bonds. The van der Waals surface area contributed by atoms with Crippen LogP contribution in [-0.2, 0) is 4.74 Å². The molecule has 0 bridgehead atoms. The molecule has 0 spiro atoms. The predicted octanol–water partition coefficient (Wildman–Crippen LogP) is 2.08. The third kappa shape index (κ3) is 4.19. The van der Waals surface area contributed by atoms with Crippen LogP contribution in [0.15, 0.2) is 0 Å². The summed E-state index contributed by atoms with van der Waals surface area (Å²) in [4.78, 5) is 0. The fourth-order valence-electron chi connectivity index (χ4n) is 2.14. The van der Waals surface area contributed by atoms with Gasteiger partial charge in [-0.05, 0) is 32.2 Å². The molecule has 3 nitrogen and oxygen atoms in total. The van der Waals surface area contributed by atoms with Crippen molar-refractivity contribution < 1.29 is 4.74 Å². The number of rotatable bonds is 5. The molecule has 1 aliphatic carbocycles. The highest BCUT2D eigenvalue weighted by molar-refractivity contribution is 4.88. The second-order valence-corrected chi connectivity index (χ2v) is 4.43. The lowest BCUT2D eigenvalue weighted by atomic mass is 9.88. The Morgan fingerprint density at radius 1 is 1.47 bits per heavy atom. The first-order valence-corrected chi connectivity index (χ1v) is 5.96. The first-order chi connectivity index (χ1) is 7.27. The summed E-state index contributed by atoms with van der Waals surface area (Å²) in [6.45, 7) is 2.97. The highest BCUT2D eigenvalue weighted by atomic mass is 16.5. The number of nitrogens with one attached hydrogen (secondary N) is 1. The van der Waals surface area contributed by atoms with Gasteiger partial charge in [0.1, 0.15) is 0 Å². The topological polar surface area (TPSA) is 45.0 Å². The van der Waals surface area contributed by atoms with Gasteiger partial charge in [-0.25, -0.2) is 0 Å². The molecule has 0 heterocycles. The van der Waals surface area contributed by atoms with Crippen LogP contribution in [0.5, 0.6) is 0 Å². The summed E-state index contributed by atoms with van der Waals surface area (Å²) < 4.78 is 5.84. The average molecular weight is 210 g/mol. The number of hydrogen-bond acceptors (Lipinski definition) is 3. The minimum Gasteiger partial charge on any atom is -0.378 e. The summed E-state index contributed by atoms with van der Waals surface area (Å²) >= 11 is 0. The molecule has 86 valence electrons. The molecule has 0 aliphatic heterocycles. The van der Waals surface area contributed by atoms with Crippen molar-refractivity contribution in [1.29, 1.82) is 5.26 Å². The van der Waals surface area contributed by atoms with E-state index in [4.69, 9.17) is 10.00 Å². The third-order valence-corrected chi connectivity index (χ3v) is 3.28. The van der Waals surface area contributed by atoms with E-state index in [-0.39, 0.29) is 6.04 Å². The fraction of sp³-hybridized carbons (Fsp3) is 0.917. The first-order valence-electron chi connectivity index (χ1n) is 5.96. The molecule has 0 saturated heterocycles. The van der Waals surface area contributed by atoms with Gasteiger partial charge in [0.05, 0.1) is 18.2 Å². The van der Waals surface area contributed by atoms with E-state index in [1.807, 2.05) is 7.05 Å². The summed E-state index contributed by atoms with van der Waals surface area (Å²) in [5.41, 5.74) is 0. The van der Waals surface area contributed by atoms with Crippen molar-refractivity contribution in [3.8, 4) is 6.07 Å². The summed E-state index contributed by atoms with van der Waals surface area (Å²) in [6.07, 6.45) is 6.34. The highest BCUT2D eigenvalue weighted by Crippen LogP contribution is 2.26. The minimum atomic E-state index is -0.0658. The van der Waals surface area contributed by atoms with Crippen LogP contribution in [0.25, 0.3) is 0 Å². The molecule has 3 atom stereocenters. The van der Waals surface area contributed by atoms with Crippen molar-refractivity contribution in [3.63, 3.8) is 0 Å². The van der Waals surface area contributed by atoms with Gasteiger partial charge >= 0.3 is 0 Å². The van der Waals surface area contributed by atoms with Crippen LogP contribution < -0.4 is 5.32 Å². The predicted molar refractivity (Wildman–Crippen MR) is 60.4 cm³/mol. The maximum Gasteiger partial charge on any atom is 0.0972 e. The molecule has 0 aromatic carbocycles. The van der Waals surface area contributed by atoms with Crippen molar-refractivity contribution in [2.75, 3.05) is 13.7 Å². The lowest BCUT2D eigenvalue weighted by Crippen LogP contribution is -2.29. The summed E-state index contributed by atoms with van der Waals surface area (Å²) in [5.74, 6) is 0.689. The van der Waals surface area contributed by atoms with Crippen LogP contribution in [0.4, 0.5) is 0 Å². The Kier molecular flexibility index (Phi) is 5.67. The second-order valence-electron chi connectivity index (χ2n) is 4.43. The maximum atomic E-state index is 8.75. The van der Waals surface area contributed by atoms with Crippen LogP contribution in [-0.4, -0.2) is 25.8 Å². The third-order valence-electron chi connectivity index (χ3n) is 3.28. The number of nitrogens with zero attached hydrogens (tertiary/aromatic N) is 1. The maximum absolute atomic E-state index is 8.75. The van der Waals surface area contributed by atoms with E-state index in [0.29, 0.717) is 18.6 Å². The van der Waals surface area contributed by atoms with E-state index in [2.05, 4.69) is 18.3 Å². The first kappa shape index (κ1) is 12.5. The lowest BCUT2D eigenvalue weighted by molar-refractivity contribution is -0.00711. The van der Waals surface area contributed by atoms with E-state index in [1.54, 1.807) is 0 Å². The van der Waals surface area contributed by atoms with E-state index in [9.17, 15) is 0 Å². The number of ether oxygens (including phenoxy) is 1. The van der Waals surface area contributed by atoms with Gasteiger partial charge in [0, 0.05) is 6.61 Å². The molecule has 15 heavy (non-hydrogen) atoms. The minimum absolute atomic E-state index is 0.0658. The van der Waals surface area contributed by atoms with Gasteiger partial charge in [-0.15, -0.1) is 0 Å². The smallest absolute Gasteiger partial charge is 0.0972 e. The molecule has 0 radical (unpaired) electrons. The molecule has 1 saturated carbocycles. The zero-order chi connectivity index (χ0) is 11.1. The van der Waals surface area contributed by atoms with Crippen LogP contribution in [0.1, 0.15) is 39.0 Å². The van der Waals surface area contributed by atoms with Crippen molar-refractivity contribution in [2.24, 2.45) is 5.92 Å². The molecule has 0 aromatic heterocycles. The Morgan fingerprint density at radius 2 is 2.20 bits per heavy atom. The summed E-state index contributed by atoms with van der Waals surface area (Å²) in [6, 6.07) is 2.14. The summed E-state index contributed by atoms with van der Waals surface area (Å²) in [5, 5.41) is 11.7. The van der Waals surface area contributed by atoms with Crippen LogP contribution in [0.3, 0.4) is 0 Å². The normalized spacial score (nSPS) is 28.3. The quantitative estimate of drug-likeness (QED) is 0.755. The standard InChI is InChI=1S/C12H22N2O/c1-10-5-3-4-6-12(10)15-8-7-11(9-13)14-2/h10-12,14H,3-8H2,1-2H3. The van der Waals surface area contributed by atoms with Gasteiger partial charge in [0.25, 0.3) is 0 Å². The monoisotopic (exact) mass is 210 g/mol. The van der Waals surface area contributed by atoms with Crippen molar-refractivity contribution in [2.45, 2.75) is 51.2 Å². The number of nitriles is 1. The van der Waals surface area contributed by atoms with E-state index in [0.717, 1.165) is 6.42 Å². The van der Waals surface area contributed by atoms with Crippen LogP contribution in [0.2, 0.25) is 0 Å². The van der Waals surface area contributed by atoms with Gasteiger partial charge in [-0.3, -0.25) is 0 Å². The van der Waals surface area contributed by atoms with E-state index in [1.165, 1.54) is 25.7 Å². The molecule has 3 unspecified atom stereocenters. The SMILES string of the molecule is CNC(C#N)CCOC1CCCCC1C. The van der Waals surface area contributed by atoms with Crippen molar-refractivity contribution >= 4 is 0 Å². The van der Waals surface area contributed by atoms with Gasteiger partial charge in [0.2, 0.25) is 0 Å². The van der Waals surface area contributed by atoms with Crippen LogP contribution >= 0.6 is 0 Å². The molecule has 1 aliphatic rings. The average Bonchev–Trinajstić information content (AvgIpc) is 2.27. The molecule has 0 aromatic rings. The molecule has 1 rings (SSSR count). The largest absolute Gasteiger partial charge is 0.378 e. The van der Waals surface area contributed by atoms with Gasteiger partial charge < -0.3 is 10.1 Å². The highest BCUT2D eigenvalue weighted by Gasteiger charge is 2.21. The van der Waals surface area contributed by atoms with Crippen molar-refractivity contribution in [3.05, 3.63) is 0 Å². The lowest BCUT2D eigenvalue weighted by Gasteiger charge is -2.28. The van der Waals surface area contributed by atoms with Gasteiger partial charge in [-0.2, -0.15) is 5.26 Å². The zero-order valence-corrected chi connectivity index (χ0v) is 9.83. The zero-order valence-electron chi connectivity index (χ0n) is 9.83. The molecular weight excluding hydrogens is 188 g/mol. The molecule has 1 fully saturated rings. The Bertz CT molecular complexity index is 212. The fourth-order valence-corrected chi connectivity index (χ4v) is 2.14. The summed E-state index contributed by atoms with van der Waals surface area (Å²) in [7, 11) is 1.82. The Labute approximate surface area is 92.8 Å². The Balaban J connectivity index is 2.16. The van der Waals surface area contributed by atoms with Gasteiger partial charge in [0.15, 0.2) is 0 Å². The van der Waals surface area contributed by atoms with Crippen LogP contribution in [0, 0.1) is 17.2 Å². The van der Waals surface area contributed by atoms with Gasteiger partial charge in [-0.1, -0.05) is 19.8 Å². The Hall–Kier alpha value is -0.590. The van der Waals surface area contributed by atoms with E-state index >= 15 is 0 Å². The molecule has 1 N–H and O–H groups in total.